The predicted octanol–water partition coefficient (Wildman–Crippen LogP) is 1.95. The molecule has 0 aliphatic carbocycles. The lowest BCUT2D eigenvalue weighted by Crippen LogP contribution is -2.49. The molecule has 0 saturated heterocycles. The minimum absolute atomic E-state index is 0.232. The molecule has 32 heavy (non-hydrogen) atoms. The Morgan fingerprint density at radius 3 is 2.75 bits per heavy atom. The van der Waals surface area contributed by atoms with Crippen molar-refractivity contribution in [1.29, 1.82) is 0 Å². The maximum Gasteiger partial charge on any atom is 0.265 e. The second kappa shape index (κ2) is 10.0. The number of nitrogens with one attached hydrogen (secondary N) is 2. The smallest absolute Gasteiger partial charge is 0.265 e. The van der Waals surface area contributed by atoms with Crippen LogP contribution in [-0.4, -0.2) is 70.9 Å². The van der Waals surface area contributed by atoms with Crippen LogP contribution in [-0.2, 0) is 16.1 Å². The van der Waals surface area contributed by atoms with Crippen molar-refractivity contribution in [3.63, 3.8) is 0 Å². The molecule has 1 amide bonds. The number of aromatic nitrogens is 4. The Bertz CT molecular complexity index is 1090. The topological polar surface area (TPSA) is 112 Å². The normalized spacial score (nSPS) is 17.3. The van der Waals surface area contributed by atoms with Crippen LogP contribution in [0.25, 0.3) is 11.0 Å². The van der Waals surface area contributed by atoms with Gasteiger partial charge in [0.2, 0.25) is 6.10 Å². The first-order chi connectivity index (χ1) is 15.6. The van der Waals surface area contributed by atoms with Crippen molar-refractivity contribution in [2.24, 2.45) is 0 Å². The first kappa shape index (κ1) is 22.2. The highest BCUT2D eigenvalue weighted by Gasteiger charge is 2.33. The predicted molar refractivity (Wildman–Crippen MR) is 121 cm³/mol. The molecule has 0 spiro atoms. The van der Waals surface area contributed by atoms with E-state index in [1.807, 2.05) is 31.4 Å². The number of methoxy groups -OCH3 is 1. The lowest BCUT2D eigenvalue weighted by molar-refractivity contribution is -0.133. The number of rotatable bonds is 9. The van der Waals surface area contributed by atoms with Gasteiger partial charge in [-0.2, -0.15) is 5.10 Å². The first-order valence-electron chi connectivity index (χ1n) is 10.3. The molecule has 2 N–H and O–H groups in total. The SMILES string of the molecule is COCCNc1nc(SC)nc2c1cnn2CCNC(=O)C1Oc2ccccc2OC1C. The van der Waals surface area contributed by atoms with Crippen molar-refractivity contribution >= 4 is 34.5 Å². The van der Waals surface area contributed by atoms with E-state index in [4.69, 9.17) is 14.2 Å². The summed E-state index contributed by atoms with van der Waals surface area (Å²) in [5, 5.41) is 12.1. The molecule has 3 heterocycles. The zero-order valence-corrected chi connectivity index (χ0v) is 19.0. The van der Waals surface area contributed by atoms with E-state index in [0.717, 1.165) is 5.39 Å². The van der Waals surface area contributed by atoms with Crippen molar-refractivity contribution < 1.29 is 19.0 Å². The Hall–Kier alpha value is -3.05. The van der Waals surface area contributed by atoms with Gasteiger partial charge in [-0.3, -0.25) is 4.79 Å². The molecule has 10 nitrogen and oxygen atoms in total. The van der Waals surface area contributed by atoms with Crippen molar-refractivity contribution in [2.75, 3.05) is 38.4 Å². The molecular weight excluding hydrogens is 432 g/mol. The summed E-state index contributed by atoms with van der Waals surface area (Å²) in [5.41, 5.74) is 0.707. The number of fused-ring (bicyclic) bond motifs is 2. The zero-order chi connectivity index (χ0) is 22.5. The molecule has 4 rings (SSSR count). The van der Waals surface area contributed by atoms with Gasteiger partial charge >= 0.3 is 0 Å². The number of amides is 1. The van der Waals surface area contributed by atoms with E-state index in [0.29, 0.717) is 54.4 Å². The summed E-state index contributed by atoms with van der Waals surface area (Å²) in [6, 6.07) is 7.33. The molecular formula is C21H26N6O4S. The molecule has 0 fully saturated rings. The molecule has 1 aliphatic rings. The van der Waals surface area contributed by atoms with Crippen molar-refractivity contribution in [3.05, 3.63) is 30.5 Å². The summed E-state index contributed by atoms with van der Waals surface area (Å²) in [5.74, 6) is 1.70. The molecule has 2 unspecified atom stereocenters. The Labute approximate surface area is 190 Å². The average molecular weight is 459 g/mol. The van der Waals surface area contributed by atoms with Crippen molar-refractivity contribution in [2.45, 2.75) is 30.8 Å². The van der Waals surface area contributed by atoms with Crippen LogP contribution in [0.15, 0.2) is 35.6 Å². The number of hydrogen-bond acceptors (Lipinski definition) is 9. The third-order valence-corrected chi connectivity index (χ3v) is 5.53. The van der Waals surface area contributed by atoms with Crippen LogP contribution in [0.2, 0.25) is 0 Å². The summed E-state index contributed by atoms with van der Waals surface area (Å²) >= 11 is 1.46. The molecule has 2 atom stereocenters. The maximum absolute atomic E-state index is 12.7. The van der Waals surface area contributed by atoms with Crippen LogP contribution in [0.1, 0.15) is 6.92 Å². The summed E-state index contributed by atoms with van der Waals surface area (Å²) < 4.78 is 18.5. The quantitative estimate of drug-likeness (QED) is 0.282. The number of anilines is 1. The second-order valence-electron chi connectivity index (χ2n) is 7.18. The molecule has 0 saturated carbocycles. The number of carbonyl (C=O) groups is 1. The average Bonchev–Trinajstić information content (AvgIpc) is 3.21. The third-order valence-electron chi connectivity index (χ3n) is 4.98. The van der Waals surface area contributed by atoms with Gasteiger partial charge < -0.3 is 24.8 Å². The van der Waals surface area contributed by atoms with E-state index in [1.54, 1.807) is 24.1 Å². The van der Waals surface area contributed by atoms with E-state index in [1.165, 1.54) is 11.8 Å². The number of thioether (sulfide) groups is 1. The number of para-hydroxylation sites is 2. The highest BCUT2D eigenvalue weighted by Crippen LogP contribution is 2.33. The molecule has 11 heteroatoms. The van der Waals surface area contributed by atoms with Gasteiger partial charge in [-0.1, -0.05) is 23.9 Å². The molecule has 170 valence electrons. The standard InChI is InChI=1S/C21H26N6O4S/c1-13-17(31-16-7-5-4-6-15(16)30-13)20(28)23-8-10-27-19-14(12-24-27)18(22-9-11-29-2)25-21(26-19)32-3/h4-7,12-13,17H,8-11H2,1-3H3,(H,23,28)(H,22,25,26). The lowest BCUT2D eigenvalue weighted by atomic mass is 10.1. The molecule has 1 aromatic carbocycles. The number of carbonyl (C=O) groups excluding carboxylic acids is 1. The van der Waals surface area contributed by atoms with Crippen LogP contribution in [0.5, 0.6) is 11.5 Å². The van der Waals surface area contributed by atoms with Crippen LogP contribution < -0.4 is 20.1 Å². The molecule has 3 aromatic rings. The Morgan fingerprint density at radius 1 is 1.22 bits per heavy atom. The highest BCUT2D eigenvalue weighted by atomic mass is 32.2. The number of benzene rings is 1. The summed E-state index contributed by atoms with van der Waals surface area (Å²) in [4.78, 5) is 21.8. The molecule has 1 aliphatic heterocycles. The van der Waals surface area contributed by atoms with E-state index in [-0.39, 0.29) is 5.91 Å². The number of hydrogen-bond donors (Lipinski definition) is 2. The van der Waals surface area contributed by atoms with Crippen molar-refractivity contribution in [3.8, 4) is 11.5 Å². The first-order valence-corrected chi connectivity index (χ1v) is 11.5. The summed E-state index contributed by atoms with van der Waals surface area (Å²) in [6.45, 7) is 3.84. The zero-order valence-electron chi connectivity index (χ0n) is 18.2. The van der Waals surface area contributed by atoms with Gasteiger partial charge in [0.1, 0.15) is 11.9 Å². The Morgan fingerprint density at radius 2 is 2.00 bits per heavy atom. The third kappa shape index (κ3) is 4.73. The number of ether oxygens (including phenoxy) is 3. The van der Waals surface area contributed by atoms with E-state index in [9.17, 15) is 4.79 Å². The van der Waals surface area contributed by atoms with E-state index < -0.39 is 12.2 Å². The van der Waals surface area contributed by atoms with Gasteiger partial charge in [-0.15, -0.1) is 0 Å². The van der Waals surface area contributed by atoms with E-state index >= 15 is 0 Å². The van der Waals surface area contributed by atoms with Crippen LogP contribution in [0.3, 0.4) is 0 Å². The minimum atomic E-state index is -0.721. The summed E-state index contributed by atoms with van der Waals surface area (Å²) in [6.07, 6.45) is 2.54. The van der Waals surface area contributed by atoms with Gasteiger partial charge in [0.15, 0.2) is 22.3 Å². The Kier molecular flexibility index (Phi) is 6.96. The van der Waals surface area contributed by atoms with Gasteiger partial charge in [0.25, 0.3) is 5.91 Å². The molecule has 2 aromatic heterocycles. The largest absolute Gasteiger partial charge is 0.482 e. The molecule has 0 radical (unpaired) electrons. The fraction of sp³-hybridized carbons (Fsp3) is 0.429. The van der Waals surface area contributed by atoms with Gasteiger partial charge in [0, 0.05) is 20.2 Å². The van der Waals surface area contributed by atoms with Gasteiger partial charge in [-0.25, -0.2) is 14.6 Å². The highest BCUT2D eigenvalue weighted by molar-refractivity contribution is 7.98. The minimum Gasteiger partial charge on any atom is -0.482 e. The molecule has 0 bridgehead atoms. The maximum atomic E-state index is 12.7. The lowest BCUT2D eigenvalue weighted by Gasteiger charge is -2.31. The van der Waals surface area contributed by atoms with Gasteiger partial charge in [-0.05, 0) is 25.3 Å². The van der Waals surface area contributed by atoms with E-state index in [2.05, 4.69) is 25.7 Å². The fourth-order valence-corrected chi connectivity index (χ4v) is 3.75. The van der Waals surface area contributed by atoms with Crippen LogP contribution >= 0.6 is 11.8 Å². The summed E-state index contributed by atoms with van der Waals surface area (Å²) in [7, 11) is 1.65. The van der Waals surface area contributed by atoms with Gasteiger partial charge in [0.05, 0.1) is 24.7 Å². The van der Waals surface area contributed by atoms with Crippen LogP contribution in [0.4, 0.5) is 5.82 Å². The number of nitrogens with zero attached hydrogens (tertiary/aromatic N) is 4. The van der Waals surface area contributed by atoms with Crippen LogP contribution in [0, 0.1) is 0 Å². The Balaban J connectivity index is 1.41. The second-order valence-corrected chi connectivity index (χ2v) is 7.96. The fourth-order valence-electron chi connectivity index (χ4n) is 3.39. The monoisotopic (exact) mass is 458 g/mol. The van der Waals surface area contributed by atoms with Crippen molar-refractivity contribution in [1.82, 2.24) is 25.1 Å².